The molecule has 0 saturated heterocycles. The second kappa shape index (κ2) is 8.50. The SMILES string of the molecule is CCCNc1nnc(SCC(=O)Nc2ccc(Br)c(C)c2)s1. The molecule has 2 N–H and O–H groups in total. The van der Waals surface area contributed by atoms with E-state index < -0.39 is 0 Å². The number of nitrogens with one attached hydrogen (secondary N) is 2. The van der Waals surface area contributed by atoms with Gasteiger partial charge in [0.1, 0.15) is 0 Å². The van der Waals surface area contributed by atoms with Gasteiger partial charge in [0.05, 0.1) is 5.75 Å². The number of thioether (sulfide) groups is 1. The van der Waals surface area contributed by atoms with E-state index in [9.17, 15) is 4.79 Å². The molecule has 0 radical (unpaired) electrons. The molecule has 0 atom stereocenters. The van der Waals surface area contributed by atoms with E-state index in [4.69, 9.17) is 0 Å². The molecular formula is C14H17BrN4OS2. The van der Waals surface area contributed by atoms with Crippen molar-refractivity contribution in [3.8, 4) is 0 Å². The molecule has 2 aromatic rings. The number of anilines is 2. The van der Waals surface area contributed by atoms with Gasteiger partial charge in [0.25, 0.3) is 0 Å². The third-order valence-corrected chi connectivity index (χ3v) is 5.61. The lowest BCUT2D eigenvalue weighted by Gasteiger charge is -2.06. The Balaban J connectivity index is 1.82. The molecule has 1 aromatic heterocycles. The maximum Gasteiger partial charge on any atom is 0.234 e. The fraction of sp³-hybridized carbons (Fsp3) is 0.357. The Morgan fingerprint density at radius 3 is 2.95 bits per heavy atom. The van der Waals surface area contributed by atoms with E-state index >= 15 is 0 Å². The standard InChI is InChI=1S/C14H17BrN4OS2/c1-3-6-16-13-18-19-14(22-13)21-8-12(20)17-10-4-5-11(15)9(2)7-10/h4-5,7H,3,6,8H2,1-2H3,(H,16,18)(H,17,20). The molecule has 0 aliphatic rings. The fourth-order valence-electron chi connectivity index (χ4n) is 1.62. The number of aromatic nitrogens is 2. The molecule has 0 bridgehead atoms. The van der Waals surface area contributed by atoms with E-state index in [1.807, 2.05) is 25.1 Å². The van der Waals surface area contributed by atoms with Crippen LogP contribution in [0.5, 0.6) is 0 Å². The van der Waals surface area contributed by atoms with E-state index in [-0.39, 0.29) is 5.91 Å². The van der Waals surface area contributed by atoms with Gasteiger partial charge in [0.15, 0.2) is 4.34 Å². The van der Waals surface area contributed by atoms with Crippen LogP contribution in [-0.4, -0.2) is 28.4 Å². The summed E-state index contributed by atoms with van der Waals surface area (Å²) in [6, 6.07) is 5.73. The molecule has 5 nitrogen and oxygen atoms in total. The predicted molar refractivity (Wildman–Crippen MR) is 96.9 cm³/mol. The third-order valence-electron chi connectivity index (χ3n) is 2.70. The zero-order chi connectivity index (χ0) is 15.9. The van der Waals surface area contributed by atoms with Crippen LogP contribution in [0.1, 0.15) is 18.9 Å². The molecule has 22 heavy (non-hydrogen) atoms. The van der Waals surface area contributed by atoms with Crippen LogP contribution in [0.15, 0.2) is 27.0 Å². The minimum atomic E-state index is -0.0509. The predicted octanol–water partition coefficient (Wildman–Crippen LogP) is 4.16. The van der Waals surface area contributed by atoms with Crippen LogP contribution < -0.4 is 10.6 Å². The molecule has 118 valence electrons. The van der Waals surface area contributed by atoms with E-state index in [2.05, 4.69) is 43.7 Å². The summed E-state index contributed by atoms with van der Waals surface area (Å²) in [6.07, 6.45) is 1.04. The lowest BCUT2D eigenvalue weighted by molar-refractivity contribution is -0.113. The highest BCUT2D eigenvalue weighted by Gasteiger charge is 2.08. The van der Waals surface area contributed by atoms with Gasteiger partial charge >= 0.3 is 0 Å². The van der Waals surface area contributed by atoms with Crippen LogP contribution in [0.25, 0.3) is 0 Å². The Labute approximate surface area is 146 Å². The fourth-order valence-corrected chi connectivity index (χ4v) is 3.44. The summed E-state index contributed by atoms with van der Waals surface area (Å²) < 4.78 is 1.82. The summed E-state index contributed by atoms with van der Waals surface area (Å²) in [5.41, 5.74) is 1.88. The zero-order valence-electron chi connectivity index (χ0n) is 12.4. The minimum Gasteiger partial charge on any atom is -0.360 e. The number of carbonyl (C=O) groups excluding carboxylic acids is 1. The number of hydrogen-bond donors (Lipinski definition) is 2. The Morgan fingerprint density at radius 1 is 1.41 bits per heavy atom. The van der Waals surface area contributed by atoms with Gasteiger partial charge in [0, 0.05) is 16.7 Å². The highest BCUT2D eigenvalue weighted by Crippen LogP contribution is 2.26. The van der Waals surface area contributed by atoms with Gasteiger partial charge in [-0.3, -0.25) is 4.79 Å². The van der Waals surface area contributed by atoms with Crippen molar-refractivity contribution >= 4 is 55.8 Å². The van der Waals surface area contributed by atoms with Crippen molar-refractivity contribution in [1.29, 1.82) is 0 Å². The van der Waals surface area contributed by atoms with Crippen molar-refractivity contribution in [1.82, 2.24) is 10.2 Å². The number of halogens is 1. The molecule has 0 saturated carbocycles. The van der Waals surface area contributed by atoms with Crippen molar-refractivity contribution in [2.75, 3.05) is 22.9 Å². The van der Waals surface area contributed by atoms with Crippen LogP contribution >= 0.6 is 39.0 Å². The summed E-state index contributed by atoms with van der Waals surface area (Å²) in [4.78, 5) is 12.0. The first-order valence-corrected chi connectivity index (χ1v) is 9.44. The van der Waals surface area contributed by atoms with Crippen molar-refractivity contribution in [3.63, 3.8) is 0 Å². The topological polar surface area (TPSA) is 66.9 Å². The van der Waals surface area contributed by atoms with Crippen molar-refractivity contribution in [2.24, 2.45) is 0 Å². The van der Waals surface area contributed by atoms with Crippen molar-refractivity contribution < 1.29 is 4.79 Å². The van der Waals surface area contributed by atoms with Crippen LogP contribution in [0, 0.1) is 6.92 Å². The van der Waals surface area contributed by atoms with E-state index in [0.717, 1.165) is 38.2 Å². The molecule has 1 heterocycles. The van der Waals surface area contributed by atoms with Gasteiger partial charge in [-0.2, -0.15) is 0 Å². The maximum absolute atomic E-state index is 12.0. The van der Waals surface area contributed by atoms with E-state index in [0.29, 0.717) is 5.75 Å². The quantitative estimate of drug-likeness (QED) is 0.682. The lowest BCUT2D eigenvalue weighted by atomic mass is 10.2. The average molecular weight is 401 g/mol. The molecule has 2 rings (SSSR count). The summed E-state index contributed by atoms with van der Waals surface area (Å²) in [6.45, 7) is 4.96. The molecule has 1 aromatic carbocycles. The summed E-state index contributed by atoms with van der Waals surface area (Å²) in [5.74, 6) is 0.266. The number of rotatable bonds is 7. The number of benzene rings is 1. The first-order valence-electron chi connectivity index (χ1n) is 6.84. The van der Waals surface area contributed by atoms with Gasteiger partial charge in [-0.1, -0.05) is 46.0 Å². The van der Waals surface area contributed by atoms with Crippen LogP contribution in [0.2, 0.25) is 0 Å². The Bertz CT molecular complexity index is 648. The lowest BCUT2D eigenvalue weighted by Crippen LogP contribution is -2.14. The Hall–Kier alpha value is -1.12. The molecule has 8 heteroatoms. The van der Waals surface area contributed by atoms with Gasteiger partial charge in [-0.25, -0.2) is 0 Å². The third kappa shape index (κ3) is 5.26. The van der Waals surface area contributed by atoms with Crippen LogP contribution in [0.4, 0.5) is 10.8 Å². The summed E-state index contributed by atoms with van der Waals surface area (Å²) in [5, 5.41) is 15.0. The molecule has 0 spiro atoms. The second-order valence-electron chi connectivity index (χ2n) is 4.60. The molecule has 0 aliphatic carbocycles. The van der Waals surface area contributed by atoms with E-state index in [1.165, 1.54) is 23.1 Å². The molecule has 0 fully saturated rings. The Kier molecular flexibility index (Phi) is 6.66. The normalized spacial score (nSPS) is 10.5. The Morgan fingerprint density at radius 2 is 2.23 bits per heavy atom. The summed E-state index contributed by atoms with van der Waals surface area (Å²) >= 11 is 6.30. The number of aryl methyl sites for hydroxylation is 1. The molecule has 0 unspecified atom stereocenters. The van der Waals surface area contributed by atoms with Crippen LogP contribution in [-0.2, 0) is 4.79 Å². The zero-order valence-corrected chi connectivity index (χ0v) is 15.6. The highest BCUT2D eigenvalue weighted by molar-refractivity contribution is 9.10. The first-order chi connectivity index (χ1) is 10.6. The summed E-state index contributed by atoms with van der Waals surface area (Å²) in [7, 11) is 0. The number of nitrogens with zero attached hydrogens (tertiary/aromatic N) is 2. The molecule has 1 amide bonds. The highest BCUT2D eigenvalue weighted by atomic mass is 79.9. The van der Waals surface area contributed by atoms with Gasteiger partial charge < -0.3 is 10.6 Å². The van der Waals surface area contributed by atoms with Crippen LogP contribution in [0.3, 0.4) is 0 Å². The number of hydrogen-bond acceptors (Lipinski definition) is 6. The van der Waals surface area contributed by atoms with Gasteiger partial charge in [0.2, 0.25) is 11.0 Å². The largest absolute Gasteiger partial charge is 0.360 e. The maximum atomic E-state index is 12.0. The first kappa shape index (κ1) is 17.2. The van der Waals surface area contributed by atoms with E-state index in [1.54, 1.807) is 0 Å². The second-order valence-corrected chi connectivity index (χ2v) is 7.66. The molecular weight excluding hydrogens is 384 g/mol. The number of amides is 1. The van der Waals surface area contributed by atoms with Crippen molar-refractivity contribution in [2.45, 2.75) is 24.6 Å². The van der Waals surface area contributed by atoms with Crippen molar-refractivity contribution in [3.05, 3.63) is 28.2 Å². The molecule has 0 aliphatic heterocycles. The number of carbonyl (C=O) groups is 1. The minimum absolute atomic E-state index is 0.0509. The monoisotopic (exact) mass is 400 g/mol. The van der Waals surface area contributed by atoms with Gasteiger partial charge in [-0.05, 0) is 37.1 Å². The smallest absolute Gasteiger partial charge is 0.234 e. The average Bonchev–Trinajstić information content (AvgIpc) is 2.95. The van der Waals surface area contributed by atoms with Gasteiger partial charge in [-0.15, -0.1) is 10.2 Å².